The summed E-state index contributed by atoms with van der Waals surface area (Å²) in [4.78, 5) is 17.3. The monoisotopic (exact) mass is 566 g/mol. The van der Waals surface area contributed by atoms with E-state index in [0.29, 0.717) is 48.7 Å². The molecule has 1 amide bonds. The maximum absolute atomic E-state index is 12.4. The number of carbonyl (C=O) groups excluding carboxylic acids is 1. The van der Waals surface area contributed by atoms with Crippen molar-refractivity contribution in [3.8, 4) is 5.75 Å². The van der Waals surface area contributed by atoms with Crippen molar-refractivity contribution in [1.29, 1.82) is 0 Å². The highest BCUT2D eigenvalue weighted by Crippen LogP contribution is 2.37. The number of hydrogen-bond donors (Lipinski definition) is 1. The van der Waals surface area contributed by atoms with Crippen molar-refractivity contribution in [1.82, 2.24) is 5.32 Å². The SMILES string of the molecule is O=C1NC(=Nc2ccc(Cl)cc2)S/C1=C\c1cc(Cl)c(OCc2ccc(Br)cc2)c(Cl)c1. The van der Waals surface area contributed by atoms with E-state index in [1.54, 1.807) is 42.5 Å². The van der Waals surface area contributed by atoms with Gasteiger partial charge in [-0.1, -0.05) is 62.9 Å². The number of thioether (sulfide) groups is 1. The molecule has 3 aromatic rings. The van der Waals surface area contributed by atoms with E-state index in [4.69, 9.17) is 39.5 Å². The largest absolute Gasteiger partial charge is 0.486 e. The fourth-order valence-corrected chi connectivity index (χ4v) is 4.65. The summed E-state index contributed by atoms with van der Waals surface area (Å²) >= 11 is 23.3. The van der Waals surface area contributed by atoms with E-state index in [2.05, 4.69) is 26.2 Å². The van der Waals surface area contributed by atoms with Gasteiger partial charge in [-0.15, -0.1) is 0 Å². The van der Waals surface area contributed by atoms with Crippen LogP contribution in [0.3, 0.4) is 0 Å². The highest BCUT2D eigenvalue weighted by atomic mass is 79.9. The van der Waals surface area contributed by atoms with Crippen molar-refractivity contribution in [2.45, 2.75) is 6.61 Å². The molecule has 1 fully saturated rings. The molecule has 0 spiro atoms. The Labute approximate surface area is 212 Å². The number of amides is 1. The average Bonchev–Trinajstić information content (AvgIpc) is 3.09. The summed E-state index contributed by atoms with van der Waals surface area (Å²) in [5, 5.41) is 4.57. The van der Waals surface area contributed by atoms with Gasteiger partial charge in [-0.2, -0.15) is 0 Å². The summed E-state index contributed by atoms with van der Waals surface area (Å²) < 4.78 is 6.81. The van der Waals surface area contributed by atoms with E-state index >= 15 is 0 Å². The van der Waals surface area contributed by atoms with Crippen LogP contribution in [0.25, 0.3) is 6.08 Å². The molecule has 0 aromatic heterocycles. The second kappa shape index (κ2) is 10.3. The molecule has 0 saturated carbocycles. The maximum Gasteiger partial charge on any atom is 0.264 e. The first-order valence-corrected chi connectivity index (χ1v) is 12.0. The molecular weight excluding hydrogens is 555 g/mol. The highest BCUT2D eigenvalue weighted by molar-refractivity contribution is 9.10. The number of benzene rings is 3. The van der Waals surface area contributed by atoms with Gasteiger partial charge in [-0.05, 0) is 77.5 Å². The van der Waals surface area contributed by atoms with E-state index in [-0.39, 0.29) is 5.91 Å². The molecule has 1 heterocycles. The van der Waals surface area contributed by atoms with Gasteiger partial charge in [0.1, 0.15) is 6.61 Å². The predicted octanol–water partition coefficient (Wildman–Crippen LogP) is 7.88. The standard InChI is InChI=1S/C23H14BrCl3N2O2S/c24-15-3-1-13(2-4-15)12-31-21-18(26)9-14(10-19(21)27)11-20-22(30)29-23(32-20)28-17-7-5-16(25)6-8-17/h1-11H,12H2,(H,28,29,30)/b20-11-. The van der Waals surface area contributed by atoms with Crippen molar-refractivity contribution in [2.24, 2.45) is 4.99 Å². The minimum atomic E-state index is -0.245. The highest BCUT2D eigenvalue weighted by Gasteiger charge is 2.24. The molecule has 1 N–H and O–H groups in total. The van der Waals surface area contributed by atoms with Gasteiger partial charge in [0.05, 0.1) is 20.6 Å². The van der Waals surface area contributed by atoms with Gasteiger partial charge in [0.25, 0.3) is 5.91 Å². The number of nitrogens with one attached hydrogen (secondary N) is 1. The van der Waals surface area contributed by atoms with Gasteiger partial charge in [0, 0.05) is 9.50 Å². The smallest absolute Gasteiger partial charge is 0.264 e. The van der Waals surface area contributed by atoms with E-state index in [1.165, 1.54) is 11.8 Å². The summed E-state index contributed by atoms with van der Waals surface area (Å²) in [7, 11) is 0. The number of ether oxygens (including phenoxy) is 1. The number of rotatable bonds is 5. The van der Waals surface area contributed by atoms with Gasteiger partial charge in [-0.25, -0.2) is 4.99 Å². The Kier molecular flexibility index (Phi) is 7.48. The van der Waals surface area contributed by atoms with Crippen LogP contribution < -0.4 is 10.1 Å². The molecule has 3 aromatic carbocycles. The molecule has 1 aliphatic heterocycles. The first-order chi connectivity index (χ1) is 15.4. The van der Waals surface area contributed by atoms with Gasteiger partial charge in [0.2, 0.25) is 0 Å². The van der Waals surface area contributed by atoms with Crippen LogP contribution in [-0.4, -0.2) is 11.1 Å². The van der Waals surface area contributed by atoms with Crippen molar-refractivity contribution in [3.05, 3.63) is 96.2 Å². The van der Waals surface area contributed by atoms with Crippen LogP contribution in [0.4, 0.5) is 5.69 Å². The van der Waals surface area contributed by atoms with Gasteiger partial charge in [0.15, 0.2) is 10.9 Å². The van der Waals surface area contributed by atoms with E-state index in [1.807, 2.05) is 24.3 Å². The first-order valence-electron chi connectivity index (χ1n) is 9.29. The summed E-state index contributed by atoms with van der Waals surface area (Å²) in [6, 6.07) is 18.2. The zero-order valence-corrected chi connectivity index (χ0v) is 20.9. The zero-order chi connectivity index (χ0) is 22.7. The lowest BCUT2D eigenvalue weighted by Gasteiger charge is -2.11. The van der Waals surface area contributed by atoms with Gasteiger partial charge in [-0.3, -0.25) is 4.79 Å². The van der Waals surface area contributed by atoms with Gasteiger partial charge >= 0.3 is 0 Å². The molecule has 0 aliphatic carbocycles. The Morgan fingerprint density at radius 2 is 1.66 bits per heavy atom. The molecule has 32 heavy (non-hydrogen) atoms. The summed E-state index contributed by atoms with van der Waals surface area (Å²) in [6.45, 7) is 0.329. The fraction of sp³-hybridized carbons (Fsp3) is 0.0435. The third kappa shape index (κ3) is 5.88. The third-order valence-electron chi connectivity index (χ3n) is 4.32. The number of hydrogen-bond acceptors (Lipinski definition) is 4. The van der Waals surface area contributed by atoms with Crippen molar-refractivity contribution in [3.63, 3.8) is 0 Å². The predicted molar refractivity (Wildman–Crippen MR) is 137 cm³/mol. The Morgan fingerprint density at radius 1 is 1.00 bits per heavy atom. The Hall–Kier alpha value is -1.96. The molecule has 1 aliphatic rings. The van der Waals surface area contributed by atoms with Crippen LogP contribution in [0.15, 0.2) is 75.0 Å². The quantitative estimate of drug-likeness (QED) is 0.319. The minimum absolute atomic E-state index is 0.245. The molecule has 0 bridgehead atoms. The number of nitrogens with zero attached hydrogens (tertiary/aromatic N) is 1. The van der Waals surface area contributed by atoms with Crippen molar-refractivity contribution in [2.75, 3.05) is 0 Å². The van der Waals surface area contributed by atoms with Crippen LogP contribution >= 0.6 is 62.5 Å². The number of halogens is 4. The van der Waals surface area contributed by atoms with Crippen LogP contribution in [-0.2, 0) is 11.4 Å². The minimum Gasteiger partial charge on any atom is -0.486 e. The van der Waals surface area contributed by atoms with Crippen molar-refractivity contribution < 1.29 is 9.53 Å². The Balaban J connectivity index is 1.49. The summed E-state index contributed by atoms with van der Waals surface area (Å²) in [5.74, 6) is 0.150. The third-order valence-corrected chi connectivity index (χ3v) is 6.57. The van der Waals surface area contributed by atoms with Gasteiger partial charge < -0.3 is 10.1 Å². The normalized spacial score (nSPS) is 15.9. The van der Waals surface area contributed by atoms with E-state index in [0.717, 1.165) is 10.0 Å². The van der Waals surface area contributed by atoms with E-state index in [9.17, 15) is 4.79 Å². The topological polar surface area (TPSA) is 50.7 Å². The lowest BCUT2D eigenvalue weighted by atomic mass is 10.2. The van der Waals surface area contributed by atoms with Crippen molar-refractivity contribution >= 4 is 85.3 Å². The summed E-state index contributed by atoms with van der Waals surface area (Å²) in [5.41, 5.74) is 2.36. The van der Waals surface area contributed by atoms with Crippen LogP contribution in [0, 0.1) is 0 Å². The maximum atomic E-state index is 12.4. The number of carbonyl (C=O) groups is 1. The first kappa shape index (κ1) is 23.2. The lowest BCUT2D eigenvalue weighted by molar-refractivity contribution is -0.115. The number of amidine groups is 1. The Bertz CT molecular complexity index is 1210. The Morgan fingerprint density at radius 3 is 2.31 bits per heavy atom. The summed E-state index contributed by atoms with van der Waals surface area (Å²) in [6.07, 6.45) is 1.71. The second-order valence-electron chi connectivity index (χ2n) is 6.69. The molecule has 9 heteroatoms. The fourth-order valence-electron chi connectivity index (χ4n) is 2.80. The van der Waals surface area contributed by atoms with E-state index < -0.39 is 0 Å². The molecule has 4 rings (SSSR count). The van der Waals surface area contributed by atoms with Crippen LogP contribution in [0.5, 0.6) is 5.75 Å². The molecular formula is C23H14BrCl3N2O2S. The second-order valence-corrected chi connectivity index (χ2v) is 9.88. The molecule has 162 valence electrons. The molecule has 1 saturated heterocycles. The number of aliphatic imine (C=N–C) groups is 1. The molecule has 4 nitrogen and oxygen atoms in total. The molecule has 0 unspecified atom stereocenters. The van der Waals surface area contributed by atoms with Crippen LogP contribution in [0.1, 0.15) is 11.1 Å². The zero-order valence-electron chi connectivity index (χ0n) is 16.2. The van der Waals surface area contributed by atoms with Crippen LogP contribution in [0.2, 0.25) is 15.1 Å². The molecule has 0 atom stereocenters. The lowest BCUT2D eigenvalue weighted by Crippen LogP contribution is -2.19. The average molecular weight is 569 g/mol. The molecule has 0 radical (unpaired) electrons.